The summed E-state index contributed by atoms with van der Waals surface area (Å²) in [6, 6.07) is -0.291. The Hall–Kier alpha value is -1.78. The van der Waals surface area contributed by atoms with Crippen molar-refractivity contribution in [2.24, 2.45) is 0 Å². The molecule has 2 aliphatic heterocycles. The van der Waals surface area contributed by atoms with Gasteiger partial charge in [0, 0.05) is 39.3 Å². The second-order valence-corrected chi connectivity index (χ2v) is 8.87. The third kappa shape index (κ3) is 4.89. The van der Waals surface area contributed by atoms with E-state index in [2.05, 4.69) is 20.2 Å². The summed E-state index contributed by atoms with van der Waals surface area (Å²) in [6.45, 7) is 5.04. The van der Waals surface area contributed by atoms with Gasteiger partial charge in [-0.25, -0.2) is 18.4 Å². The number of amides is 1. The number of rotatable bonds is 6. The monoisotopic (exact) mass is 383 g/mol. The zero-order valence-electron chi connectivity index (χ0n) is 14.9. The average molecular weight is 383 g/mol. The highest BCUT2D eigenvalue weighted by molar-refractivity contribution is 7.91. The van der Waals surface area contributed by atoms with Gasteiger partial charge in [0.1, 0.15) is 11.5 Å². The third-order valence-corrected chi connectivity index (χ3v) is 6.54. The largest absolute Gasteiger partial charge is 0.379 e. The molecule has 9 nitrogen and oxygen atoms in total. The quantitative estimate of drug-likeness (QED) is 0.700. The SMILES string of the molecule is CN(C(=O)c1cnc(NCCN2CCOCC2)cn1)C1CCS(=O)(=O)C1. The molecule has 1 unspecified atom stereocenters. The number of carbonyl (C=O) groups excluding carboxylic acids is 1. The Balaban J connectivity index is 1.49. The molecule has 1 aromatic heterocycles. The molecule has 1 N–H and O–H groups in total. The molecule has 0 aliphatic carbocycles. The standard InChI is InChI=1S/C16H25N5O4S/c1-20(13-2-9-26(23,24)12-13)16(22)14-10-19-15(11-18-14)17-3-4-21-5-7-25-8-6-21/h10-11,13H,2-9,12H2,1H3,(H,17,19). The van der Waals surface area contributed by atoms with E-state index in [0.717, 1.165) is 39.4 Å². The maximum atomic E-state index is 12.5. The van der Waals surface area contributed by atoms with Crippen LogP contribution in [0, 0.1) is 0 Å². The van der Waals surface area contributed by atoms with Crippen molar-refractivity contribution in [3.05, 3.63) is 18.1 Å². The molecule has 3 heterocycles. The lowest BCUT2D eigenvalue weighted by Gasteiger charge is -2.26. The zero-order valence-corrected chi connectivity index (χ0v) is 15.7. The van der Waals surface area contributed by atoms with E-state index in [1.807, 2.05) is 0 Å². The highest BCUT2D eigenvalue weighted by Gasteiger charge is 2.33. The molecule has 26 heavy (non-hydrogen) atoms. The highest BCUT2D eigenvalue weighted by Crippen LogP contribution is 2.18. The van der Waals surface area contributed by atoms with Crippen LogP contribution in [0.3, 0.4) is 0 Å². The van der Waals surface area contributed by atoms with Crippen LogP contribution in [0.25, 0.3) is 0 Å². The molecule has 1 aromatic rings. The minimum atomic E-state index is -3.03. The number of carbonyl (C=O) groups is 1. The van der Waals surface area contributed by atoms with Gasteiger partial charge >= 0.3 is 0 Å². The second kappa shape index (κ2) is 8.28. The van der Waals surface area contributed by atoms with Gasteiger partial charge in [-0.2, -0.15) is 0 Å². The van der Waals surface area contributed by atoms with Gasteiger partial charge in [0.25, 0.3) is 5.91 Å². The number of hydrogen-bond donors (Lipinski definition) is 1. The molecule has 0 radical (unpaired) electrons. The first-order valence-electron chi connectivity index (χ1n) is 8.78. The summed E-state index contributed by atoms with van der Waals surface area (Å²) in [7, 11) is -1.42. The predicted octanol–water partition coefficient (Wildman–Crippen LogP) is -0.520. The van der Waals surface area contributed by atoms with E-state index in [1.165, 1.54) is 17.3 Å². The fourth-order valence-corrected chi connectivity index (χ4v) is 4.90. The topological polar surface area (TPSA) is 105 Å². The van der Waals surface area contributed by atoms with Crippen molar-refractivity contribution in [1.82, 2.24) is 19.8 Å². The number of ether oxygens (including phenoxy) is 1. The number of nitrogens with zero attached hydrogens (tertiary/aromatic N) is 4. The van der Waals surface area contributed by atoms with Crippen LogP contribution in [0.4, 0.5) is 5.82 Å². The Morgan fingerprint density at radius 1 is 1.35 bits per heavy atom. The van der Waals surface area contributed by atoms with E-state index in [4.69, 9.17) is 4.74 Å². The van der Waals surface area contributed by atoms with Crippen LogP contribution in [0.5, 0.6) is 0 Å². The number of anilines is 1. The molecule has 144 valence electrons. The summed E-state index contributed by atoms with van der Waals surface area (Å²) < 4.78 is 28.5. The molecule has 0 saturated carbocycles. The van der Waals surface area contributed by atoms with E-state index in [-0.39, 0.29) is 29.1 Å². The number of nitrogens with one attached hydrogen (secondary N) is 1. The molecule has 3 rings (SSSR count). The Morgan fingerprint density at radius 2 is 2.12 bits per heavy atom. The van der Waals surface area contributed by atoms with Gasteiger partial charge in [-0.05, 0) is 6.42 Å². The highest BCUT2D eigenvalue weighted by atomic mass is 32.2. The van der Waals surface area contributed by atoms with Crippen LogP contribution in [0.15, 0.2) is 12.4 Å². The maximum absolute atomic E-state index is 12.5. The molecule has 2 aliphatic rings. The predicted molar refractivity (Wildman–Crippen MR) is 96.9 cm³/mol. The van der Waals surface area contributed by atoms with E-state index in [1.54, 1.807) is 7.05 Å². The van der Waals surface area contributed by atoms with Crippen LogP contribution >= 0.6 is 0 Å². The molecular weight excluding hydrogens is 358 g/mol. The maximum Gasteiger partial charge on any atom is 0.274 e. The van der Waals surface area contributed by atoms with Gasteiger partial charge in [-0.15, -0.1) is 0 Å². The lowest BCUT2D eigenvalue weighted by atomic mass is 10.2. The molecule has 1 atom stereocenters. The summed E-state index contributed by atoms with van der Waals surface area (Å²) in [5, 5.41) is 3.19. The molecular formula is C16H25N5O4S. The van der Waals surface area contributed by atoms with Gasteiger partial charge in [0.2, 0.25) is 0 Å². The Kier molecular flexibility index (Phi) is 6.05. The van der Waals surface area contributed by atoms with Gasteiger partial charge in [0.15, 0.2) is 9.84 Å². The molecule has 2 saturated heterocycles. The number of morpholine rings is 1. The lowest BCUT2D eigenvalue weighted by Crippen LogP contribution is -2.39. The fraction of sp³-hybridized carbons (Fsp3) is 0.688. The summed E-state index contributed by atoms with van der Waals surface area (Å²) in [5.41, 5.74) is 0.218. The van der Waals surface area contributed by atoms with Crippen molar-refractivity contribution < 1.29 is 17.9 Å². The molecule has 0 spiro atoms. The Labute approximate surface area is 153 Å². The smallest absolute Gasteiger partial charge is 0.274 e. The van der Waals surface area contributed by atoms with Crippen molar-refractivity contribution in [2.75, 3.05) is 63.3 Å². The normalized spacial score (nSPS) is 22.9. The number of aromatic nitrogens is 2. The van der Waals surface area contributed by atoms with Gasteiger partial charge in [0.05, 0.1) is 37.1 Å². The number of sulfone groups is 1. The molecule has 0 aromatic carbocycles. The van der Waals surface area contributed by atoms with Crippen molar-refractivity contribution in [3.63, 3.8) is 0 Å². The average Bonchev–Trinajstić information content (AvgIpc) is 3.02. The van der Waals surface area contributed by atoms with Crippen LogP contribution in [0.1, 0.15) is 16.9 Å². The lowest BCUT2D eigenvalue weighted by molar-refractivity contribution is 0.0398. The van der Waals surface area contributed by atoms with E-state index < -0.39 is 9.84 Å². The van der Waals surface area contributed by atoms with Crippen LogP contribution in [0.2, 0.25) is 0 Å². The van der Waals surface area contributed by atoms with Crippen molar-refractivity contribution in [1.29, 1.82) is 0 Å². The summed E-state index contributed by atoms with van der Waals surface area (Å²) in [4.78, 5) is 24.6. The second-order valence-electron chi connectivity index (χ2n) is 6.64. The summed E-state index contributed by atoms with van der Waals surface area (Å²) in [5.74, 6) is 0.456. The first-order valence-corrected chi connectivity index (χ1v) is 10.6. The minimum absolute atomic E-state index is 0.0177. The number of hydrogen-bond acceptors (Lipinski definition) is 8. The van der Waals surface area contributed by atoms with Crippen LogP contribution < -0.4 is 5.32 Å². The third-order valence-electron chi connectivity index (χ3n) is 4.79. The van der Waals surface area contributed by atoms with Gasteiger partial charge in [-0.3, -0.25) is 9.69 Å². The van der Waals surface area contributed by atoms with Crippen LogP contribution in [-0.2, 0) is 14.6 Å². The first-order chi connectivity index (χ1) is 12.4. The van der Waals surface area contributed by atoms with E-state index >= 15 is 0 Å². The summed E-state index contributed by atoms with van der Waals surface area (Å²) in [6.07, 6.45) is 3.43. The summed E-state index contributed by atoms with van der Waals surface area (Å²) >= 11 is 0. The van der Waals surface area contributed by atoms with E-state index in [9.17, 15) is 13.2 Å². The fourth-order valence-electron chi connectivity index (χ4n) is 3.12. The minimum Gasteiger partial charge on any atom is -0.379 e. The molecule has 2 fully saturated rings. The van der Waals surface area contributed by atoms with E-state index in [0.29, 0.717) is 12.2 Å². The van der Waals surface area contributed by atoms with Crippen LogP contribution in [-0.4, -0.2) is 98.1 Å². The molecule has 0 bridgehead atoms. The van der Waals surface area contributed by atoms with Gasteiger partial charge in [-0.1, -0.05) is 0 Å². The van der Waals surface area contributed by atoms with Crippen molar-refractivity contribution >= 4 is 21.6 Å². The Morgan fingerprint density at radius 3 is 2.73 bits per heavy atom. The molecule has 10 heteroatoms. The van der Waals surface area contributed by atoms with Crippen molar-refractivity contribution in [3.8, 4) is 0 Å². The molecule has 1 amide bonds. The first kappa shape index (κ1) is 19.0. The van der Waals surface area contributed by atoms with Gasteiger partial charge < -0.3 is 15.0 Å². The zero-order chi connectivity index (χ0) is 18.6. The van der Waals surface area contributed by atoms with Crippen molar-refractivity contribution in [2.45, 2.75) is 12.5 Å². The Bertz CT molecular complexity index is 719.